The molecule has 0 amide bonds. The van der Waals surface area contributed by atoms with Crippen LogP contribution in [0.25, 0.3) is 0 Å². The Labute approximate surface area is 77.8 Å². The van der Waals surface area contributed by atoms with E-state index < -0.39 is 0 Å². The van der Waals surface area contributed by atoms with Crippen LogP contribution in [0.15, 0.2) is 12.1 Å². The van der Waals surface area contributed by atoms with Gasteiger partial charge in [-0.2, -0.15) is 0 Å². The molecule has 0 heterocycles. The van der Waals surface area contributed by atoms with E-state index in [1.165, 1.54) is 5.56 Å². The zero-order valence-corrected chi connectivity index (χ0v) is 7.81. The van der Waals surface area contributed by atoms with Gasteiger partial charge in [0.05, 0.1) is 0 Å². The molecule has 1 aliphatic rings. The van der Waals surface area contributed by atoms with E-state index in [1.54, 1.807) is 12.1 Å². The first-order chi connectivity index (χ1) is 6.16. The van der Waals surface area contributed by atoms with E-state index in [9.17, 15) is 4.39 Å². The van der Waals surface area contributed by atoms with Gasteiger partial charge in [-0.25, -0.2) is 4.39 Å². The SMILES string of the molecule is Cc1cc(F)cc2c1CC[C@@H](N)C2. The molecule has 0 fully saturated rings. The van der Waals surface area contributed by atoms with Gasteiger partial charge in [0.15, 0.2) is 0 Å². The molecule has 1 nitrogen and oxygen atoms in total. The molecule has 1 atom stereocenters. The number of fused-ring (bicyclic) bond motifs is 1. The molecule has 0 bridgehead atoms. The first kappa shape index (κ1) is 8.70. The van der Waals surface area contributed by atoms with Crippen LogP contribution in [0.3, 0.4) is 0 Å². The lowest BCUT2D eigenvalue weighted by Crippen LogP contribution is -2.28. The highest BCUT2D eigenvalue weighted by atomic mass is 19.1. The average molecular weight is 179 g/mol. The van der Waals surface area contributed by atoms with Gasteiger partial charge in [-0.15, -0.1) is 0 Å². The molecular formula is C11H14FN. The highest BCUT2D eigenvalue weighted by Crippen LogP contribution is 2.24. The van der Waals surface area contributed by atoms with Crippen LogP contribution in [0.1, 0.15) is 23.1 Å². The number of aryl methyl sites for hydroxylation is 1. The third-order valence-corrected chi connectivity index (χ3v) is 2.78. The summed E-state index contributed by atoms with van der Waals surface area (Å²) in [4.78, 5) is 0. The summed E-state index contributed by atoms with van der Waals surface area (Å²) in [6.45, 7) is 1.97. The van der Waals surface area contributed by atoms with Gasteiger partial charge in [-0.3, -0.25) is 0 Å². The van der Waals surface area contributed by atoms with Crippen LogP contribution in [0.2, 0.25) is 0 Å². The van der Waals surface area contributed by atoms with Crippen molar-refractivity contribution in [1.29, 1.82) is 0 Å². The molecule has 0 radical (unpaired) electrons. The fourth-order valence-electron chi connectivity index (χ4n) is 2.10. The zero-order valence-electron chi connectivity index (χ0n) is 7.81. The molecule has 0 spiro atoms. The predicted octanol–water partition coefficient (Wildman–Crippen LogP) is 1.95. The molecule has 0 unspecified atom stereocenters. The van der Waals surface area contributed by atoms with Crippen molar-refractivity contribution >= 4 is 0 Å². The van der Waals surface area contributed by atoms with Gasteiger partial charge in [-0.1, -0.05) is 0 Å². The number of hydrogen-bond acceptors (Lipinski definition) is 1. The molecule has 1 aromatic carbocycles. The standard InChI is InChI=1S/C11H14FN/c1-7-4-9(12)5-8-6-10(13)2-3-11(7)8/h4-5,10H,2-3,6,13H2,1H3/t10-/m1/s1. The summed E-state index contributed by atoms with van der Waals surface area (Å²) in [7, 11) is 0. The van der Waals surface area contributed by atoms with Crippen LogP contribution in [0, 0.1) is 12.7 Å². The normalized spacial score (nSPS) is 21.3. The molecule has 0 saturated heterocycles. The maximum atomic E-state index is 13.0. The average Bonchev–Trinajstić information content (AvgIpc) is 2.02. The molecule has 2 heteroatoms. The van der Waals surface area contributed by atoms with Crippen LogP contribution in [-0.4, -0.2) is 6.04 Å². The zero-order chi connectivity index (χ0) is 9.42. The summed E-state index contributed by atoms with van der Waals surface area (Å²) in [5.41, 5.74) is 9.31. The number of nitrogens with two attached hydrogens (primary N) is 1. The maximum Gasteiger partial charge on any atom is 0.123 e. The van der Waals surface area contributed by atoms with Crippen molar-refractivity contribution < 1.29 is 4.39 Å². The lowest BCUT2D eigenvalue weighted by Gasteiger charge is -2.22. The lowest BCUT2D eigenvalue weighted by atomic mass is 9.86. The van der Waals surface area contributed by atoms with E-state index in [4.69, 9.17) is 5.73 Å². The second kappa shape index (κ2) is 3.11. The third kappa shape index (κ3) is 1.59. The van der Waals surface area contributed by atoms with Crippen LogP contribution >= 0.6 is 0 Å². The summed E-state index contributed by atoms with van der Waals surface area (Å²) in [5, 5.41) is 0. The molecule has 1 aromatic rings. The minimum absolute atomic E-state index is 0.134. The highest BCUT2D eigenvalue weighted by molar-refractivity contribution is 5.37. The van der Waals surface area contributed by atoms with Gasteiger partial charge in [0, 0.05) is 6.04 Å². The van der Waals surface area contributed by atoms with Gasteiger partial charge >= 0.3 is 0 Å². The third-order valence-electron chi connectivity index (χ3n) is 2.78. The van der Waals surface area contributed by atoms with Crippen molar-refractivity contribution in [1.82, 2.24) is 0 Å². The van der Waals surface area contributed by atoms with Crippen molar-refractivity contribution in [2.75, 3.05) is 0 Å². The monoisotopic (exact) mass is 179 g/mol. The maximum absolute atomic E-state index is 13.0. The van der Waals surface area contributed by atoms with Gasteiger partial charge in [-0.05, 0) is 55.0 Å². The first-order valence-corrected chi connectivity index (χ1v) is 4.70. The molecule has 2 rings (SSSR count). The van der Waals surface area contributed by atoms with Crippen LogP contribution in [0.4, 0.5) is 4.39 Å². The lowest BCUT2D eigenvalue weighted by molar-refractivity contribution is 0.563. The second-order valence-electron chi connectivity index (χ2n) is 3.86. The highest BCUT2D eigenvalue weighted by Gasteiger charge is 2.17. The van der Waals surface area contributed by atoms with Gasteiger partial charge in [0.25, 0.3) is 0 Å². The van der Waals surface area contributed by atoms with Crippen LogP contribution < -0.4 is 5.73 Å². The van der Waals surface area contributed by atoms with Crippen molar-refractivity contribution in [2.45, 2.75) is 32.2 Å². The number of hydrogen-bond donors (Lipinski definition) is 1. The Balaban J connectivity index is 2.47. The molecule has 70 valence electrons. The van der Waals surface area contributed by atoms with E-state index in [2.05, 4.69) is 0 Å². The molecule has 13 heavy (non-hydrogen) atoms. The van der Waals surface area contributed by atoms with Crippen LogP contribution in [-0.2, 0) is 12.8 Å². The minimum atomic E-state index is -0.134. The number of benzene rings is 1. The largest absolute Gasteiger partial charge is 0.327 e. The molecule has 0 aliphatic heterocycles. The Morgan fingerprint density at radius 2 is 2.23 bits per heavy atom. The summed E-state index contributed by atoms with van der Waals surface area (Å²) in [6, 6.07) is 3.45. The quantitative estimate of drug-likeness (QED) is 0.647. The minimum Gasteiger partial charge on any atom is -0.327 e. The Morgan fingerprint density at radius 1 is 1.46 bits per heavy atom. The Kier molecular flexibility index (Phi) is 2.08. The fraction of sp³-hybridized carbons (Fsp3) is 0.455. The van der Waals surface area contributed by atoms with Crippen molar-refractivity contribution in [3.8, 4) is 0 Å². The van der Waals surface area contributed by atoms with Crippen molar-refractivity contribution in [3.05, 3.63) is 34.6 Å². The van der Waals surface area contributed by atoms with Crippen LogP contribution in [0.5, 0.6) is 0 Å². The summed E-state index contributed by atoms with van der Waals surface area (Å²) >= 11 is 0. The van der Waals surface area contributed by atoms with Crippen molar-refractivity contribution in [3.63, 3.8) is 0 Å². The van der Waals surface area contributed by atoms with E-state index in [0.29, 0.717) is 0 Å². The molecule has 1 aliphatic carbocycles. The van der Waals surface area contributed by atoms with Gasteiger partial charge < -0.3 is 5.73 Å². The summed E-state index contributed by atoms with van der Waals surface area (Å²) < 4.78 is 13.0. The molecular weight excluding hydrogens is 165 g/mol. The first-order valence-electron chi connectivity index (χ1n) is 4.70. The molecule has 0 aromatic heterocycles. The predicted molar refractivity (Wildman–Crippen MR) is 51.1 cm³/mol. The second-order valence-corrected chi connectivity index (χ2v) is 3.86. The van der Waals surface area contributed by atoms with Gasteiger partial charge in [0.1, 0.15) is 5.82 Å². The number of halogens is 1. The smallest absolute Gasteiger partial charge is 0.123 e. The Hall–Kier alpha value is -0.890. The topological polar surface area (TPSA) is 26.0 Å². The van der Waals surface area contributed by atoms with E-state index in [0.717, 1.165) is 30.4 Å². The molecule has 0 saturated carbocycles. The summed E-state index contributed by atoms with van der Waals surface area (Å²) in [6.07, 6.45) is 2.86. The van der Waals surface area contributed by atoms with Crippen molar-refractivity contribution in [2.24, 2.45) is 5.73 Å². The Bertz CT molecular complexity index is 333. The van der Waals surface area contributed by atoms with E-state index in [-0.39, 0.29) is 11.9 Å². The molecule has 2 N–H and O–H groups in total. The van der Waals surface area contributed by atoms with E-state index in [1.807, 2.05) is 6.92 Å². The number of rotatable bonds is 0. The van der Waals surface area contributed by atoms with E-state index >= 15 is 0 Å². The Morgan fingerprint density at radius 3 is 3.00 bits per heavy atom. The van der Waals surface area contributed by atoms with Gasteiger partial charge in [0.2, 0.25) is 0 Å². The summed E-state index contributed by atoms with van der Waals surface area (Å²) in [5.74, 6) is -0.134. The fourth-order valence-corrected chi connectivity index (χ4v) is 2.10.